The largest absolute Gasteiger partial charge is 0.481 e. The van der Waals surface area contributed by atoms with Crippen LogP contribution in [0.15, 0.2) is 0 Å². The van der Waals surface area contributed by atoms with Crippen molar-refractivity contribution in [1.82, 2.24) is 5.32 Å². The third kappa shape index (κ3) is 3.88. The van der Waals surface area contributed by atoms with E-state index in [1.54, 1.807) is 11.8 Å². The highest BCUT2D eigenvalue weighted by Gasteiger charge is 2.38. The lowest BCUT2D eigenvalue weighted by Gasteiger charge is -2.27. The molecule has 2 atom stereocenters. The highest BCUT2D eigenvalue weighted by atomic mass is 32.2. The second-order valence-electron chi connectivity index (χ2n) is 5.35. The van der Waals surface area contributed by atoms with E-state index in [-0.39, 0.29) is 18.4 Å². The Balaban J connectivity index is 2.60. The summed E-state index contributed by atoms with van der Waals surface area (Å²) in [6.07, 6.45) is 6.42. The van der Waals surface area contributed by atoms with Crippen LogP contribution >= 0.6 is 11.8 Å². The fraction of sp³-hybridized carbons (Fsp3) is 0.857. The molecule has 110 valence electrons. The Hall–Kier alpha value is -0.710. The van der Waals surface area contributed by atoms with E-state index >= 15 is 0 Å². The molecule has 1 fully saturated rings. The summed E-state index contributed by atoms with van der Waals surface area (Å²) < 4.78 is 0. The molecule has 0 aromatic carbocycles. The zero-order valence-electron chi connectivity index (χ0n) is 12.1. The van der Waals surface area contributed by atoms with Crippen LogP contribution in [-0.4, -0.2) is 34.5 Å². The van der Waals surface area contributed by atoms with Crippen molar-refractivity contribution in [1.29, 1.82) is 0 Å². The van der Waals surface area contributed by atoms with Gasteiger partial charge in [0.25, 0.3) is 0 Å². The Morgan fingerprint density at radius 1 is 1.32 bits per heavy atom. The molecule has 0 radical (unpaired) electrons. The molecule has 0 heterocycles. The molecule has 0 aromatic rings. The van der Waals surface area contributed by atoms with Crippen LogP contribution in [0.1, 0.15) is 52.4 Å². The summed E-state index contributed by atoms with van der Waals surface area (Å²) in [4.78, 5) is 23.5. The maximum absolute atomic E-state index is 12.1. The number of nitrogens with one attached hydrogen (secondary N) is 1. The molecule has 0 spiro atoms. The molecule has 0 bridgehead atoms. The van der Waals surface area contributed by atoms with Gasteiger partial charge in [0.05, 0.1) is 5.41 Å². The van der Waals surface area contributed by atoms with Gasteiger partial charge in [-0.3, -0.25) is 9.59 Å². The summed E-state index contributed by atoms with van der Waals surface area (Å²) >= 11 is 1.79. The molecule has 1 rings (SSSR count). The number of carboxylic acids is 1. The second kappa shape index (κ2) is 7.17. The summed E-state index contributed by atoms with van der Waals surface area (Å²) in [6, 6.07) is 0.211. The highest BCUT2D eigenvalue weighted by Crippen LogP contribution is 2.32. The SMILES string of the molecule is CCC(CC)(CC(=O)NC1CCCC1SC)C(=O)O. The van der Waals surface area contributed by atoms with E-state index in [1.165, 1.54) is 0 Å². The van der Waals surface area contributed by atoms with E-state index in [0.717, 1.165) is 19.3 Å². The number of aliphatic carboxylic acids is 1. The van der Waals surface area contributed by atoms with Crippen LogP contribution in [0.3, 0.4) is 0 Å². The van der Waals surface area contributed by atoms with E-state index in [9.17, 15) is 14.7 Å². The normalized spacial score (nSPS) is 23.3. The van der Waals surface area contributed by atoms with Crippen molar-refractivity contribution >= 4 is 23.6 Å². The lowest BCUT2D eigenvalue weighted by Crippen LogP contribution is -2.43. The van der Waals surface area contributed by atoms with Gasteiger partial charge in [0.1, 0.15) is 0 Å². The number of hydrogen-bond donors (Lipinski definition) is 2. The summed E-state index contributed by atoms with van der Waals surface area (Å²) in [5, 5.41) is 12.9. The van der Waals surface area contributed by atoms with Gasteiger partial charge in [0.2, 0.25) is 5.91 Å². The first-order chi connectivity index (χ1) is 8.99. The van der Waals surface area contributed by atoms with Crippen LogP contribution in [0.25, 0.3) is 0 Å². The third-order valence-electron chi connectivity index (χ3n) is 4.41. The van der Waals surface area contributed by atoms with E-state index in [1.807, 2.05) is 13.8 Å². The van der Waals surface area contributed by atoms with Crippen molar-refractivity contribution in [3.8, 4) is 0 Å². The smallest absolute Gasteiger partial charge is 0.310 e. The molecule has 1 aliphatic carbocycles. The standard InChI is InChI=1S/C14H25NO3S/c1-4-14(5-2,13(17)18)9-12(16)15-10-7-6-8-11(10)19-3/h10-11H,4-9H2,1-3H3,(H,15,16)(H,17,18). The number of carbonyl (C=O) groups is 2. The topological polar surface area (TPSA) is 66.4 Å². The zero-order chi connectivity index (χ0) is 14.5. The summed E-state index contributed by atoms with van der Waals surface area (Å²) in [5.41, 5.74) is -0.905. The minimum Gasteiger partial charge on any atom is -0.481 e. The molecule has 1 aliphatic rings. The van der Waals surface area contributed by atoms with Gasteiger partial charge in [0.15, 0.2) is 0 Å². The summed E-state index contributed by atoms with van der Waals surface area (Å²) in [7, 11) is 0. The lowest BCUT2D eigenvalue weighted by molar-refractivity contribution is -0.152. The number of carbonyl (C=O) groups excluding carboxylic acids is 1. The predicted molar refractivity (Wildman–Crippen MR) is 78.4 cm³/mol. The molecular weight excluding hydrogens is 262 g/mol. The van der Waals surface area contributed by atoms with Gasteiger partial charge in [-0.15, -0.1) is 0 Å². The Morgan fingerprint density at radius 2 is 1.95 bits per heavy atom. The quantitative estimate of drug-likeness (QED) is 0.755. The maximum Gasteiger partial charge on any atom is 0.310 e. The minimum absolute atomic E-state index is 0.0902. The van der Waals surface area contributed by atoms with Crippen LogP contribution in [0.4, 0.5) is 0 Å². The van der Waals surface area contributed by atoms with Crippen LogP contribution < -0.4 is 5.32 Å². The molecular formula is C14H25NO3S. The Morgan fingerprint density at radius 3 is 2.42 bits per heavy atom. The highest BCUT2D eigenvalue weighted by molar-refractivity contribution is 7.99. The van der Waals surface area contributed by atoms with E-state index in [0.29, 0.717) is 18.1 Å². The van der Waals surface area contributed by atoms with Crippen molar-refractivity contribution in [3.63, 3.8) is 0 Å². The van der Waals surface area contributed by atoms with Gasteiger partial charge in [-0.2, -0.15) is 11.8 Å². The van der Waals surface area contributed by atoms with Crippen molar-refractivity contribution in [2.24, 2.45) is 5.41 Å². The number of amides is 1. The molecule has 19 heavy (non-hydrogen) atoms. The van der Waals surface area contributed by atoms with Gasteiger partial charge >= 0.3 is 5.97 Å². The fourth-order valence-electron chi connectivity index (χ4n) is 2.82. The molecule has 2 unspecified atom stereocenters. The second-order valence-corrected chi connectivity index (χ2v) is 6.43. The number of rotatable bonds is 7. The fourth-order valence-corrected chi connectivity index (χ4v) is 3.75. The van der Waals surface area contributed by atoms with Crippen LogP contribution in [0.2, 0.25) is 0 Å². The molecule has 2 N–H and O–H groups in total. The predicted octanol–water partition coefficient (Wildman–Crippen LogP) is 2.67. The molecule has 5 heteroatoms. The molecule has 4 nitrogen and oxygen atoms in total. The van der Waals surface area contributed by atoms with Gasteiger partial charge in [0, 0.05) is 17.7 Å². The number of thioether (sulfide) groups is 1. The van der Waals surface area contributed by atoms with Gasteiger partial charge in [-0.05, 0) is 31.9 Å². The Kier molecular flexibility index (Phi) is 6.17. The van der Waals surface area contributed by atoms with Crippen molar-refractivity contribution < 1.29 is 14.7 Å². The number of hydrogen-bond acceptors (Lipinski definition) is 3. The Labute approximate surface area is 119 Å². The number of carboxylic acid groups (broad SMARTS) is 1. The lowest BCUT2D eigenvalue weighted by atomic mass is 9.79. The van der Waals surface area contributed by atoms with Crippen molar-refractivity contribution in [3.05, 3.63) is 0 Å². The Bertz CT molecular complexity index is 329. The first-order valence-corrected chi connectivity index (χ1v) is 8.33. The first-order valence-electron chi connectivity index (χ1n) is 7.04. The monoisotopic (exact) mass is 287 g/mol. The maximum atomic E-state index is 12.1. The minimum atomic E-state index is -0.905. The third-order valence-corrected chi connectivity index (χ3v) is 5.58. The average molecular weight is 287 g/mol. The van der Waals surface area contributed by atoms with Crippen LogP contribution in [0.5, 0.6) is 0 Å². The molecule has 0 aliphatic heterocycles. The zero-order valence-corrected chi connectivity index (χ0v) is 12.9. The average Bonchev–Trinajstić information content (AvgIpc) is 2.82. The van der Waals surface area contributed by atoms with Crippen LogP contribution in [-0.2, 0) is 9.59 Å². The first kappa shape index (κ1) is 16.3. The summed E-state index contributed by atoms with van der Waals surface area (Å²) in [5.74, 6) is -0.975. The molecule has 1 amide bonds. The molecule has 0 aromatic heterocycles. The van der Waals surface area contributed by atoms with Crippen molar-refractivity contribution in [2.45, 2.75) is 63.7 Å². The van der Waals surface area contributed by atoms with E-state index in [4.69, 9.17) is 0 Å². The van der Waals surface area contributed by atoms with E-state index in [2.05, 4.69) is 11.6 Å². The van der Waals surface area contributed by atoms with Gasteiger partial charge < -0.3 is 10.4 Å². The molecule has 1 saturated carbocycles. The summed E-state index contributed by atoms with van der Waals surface area (Å²) in [6.45, 7) is 3.68. The van der Waals surface area contributed by atoms with Crippen molar-refractivity contribution in [2.75, 3.05) is 6.26 Å². The van der Waals surface area contributed by atoms with E-state index < -0.39 is 11.4 Å². The van der Waals surface area contributed by atoms with Gasteiger partial charge in [-0.25, -0.2) is 0 Å². The van der Waals surface area contributed by atoms with Crippen LogP contribution in [0, 0.1) is 5.41 Å². The van der Waals surface area contributed by atoms with Gasteiger partial charge in [-0.1, -0.05) is 20.3 Å². The molecule has 0 saturated heterocycles.